The Hall–Kier alpha value is -2.04. The van der Waals surface area contributed by atoms with Crippen LogP contribution in [-0.4, -0.2) is 23.5 Å². The maximum Gasteiger partial charge on any atom is 0.221 e. The van der Waals surface area contributed by atoms with E-state index in [1.165, 1.54) is 0 Å². The molecule has 5 nitrogen and oxygen atoms in total. The number of pyridine rings is 1. The predicted molar refractivity (Wildman–Crippen MR) is 68.3 cm³/mol. The zero-order chi connectivity index (χ0) is 12.4. The van der Waals surface area contributed by atoms with E-state index >= 15 is 0 Å². The fraction of sp³-hybridized carbons (Fsp3) is 0.385. The molecule has 0 bridgehead atoms. The number of carbonyl (C=O) groups is 1. The van der Waals surface area contributed by atoms with Crippen LogP contribution in [0.15, 0.2) is 29.0 Å². The van der Waals surface area contributed by atoms with Gasteiger partial charge in [-0.3, -0.25) is 4.79 Å². The Balaban J connectivity index is 1.55. The van der Waals surface area contributed by atoms with Crippen molar-refractivity contribution in [1.29, 1.82) is 0 Å². The number of amides is 1. The van der Waals surface area contributed by atoms with Gasteiger partial charge in [-0.15, -0.1) is 0 Å². The maximum atomic E-state index is 11.5. The Bertz CT molecular complexity index is 560. The highest BCUT2D eigenvalue weighted by atomic mass is 16.3. The van der Waals surface area contributed by atoms with Gasteiger partial charge in [-0.25, -0.2) is 4.98 Å². The molecule has 2 aromatic heterocycles. The summed E-state index contributed by atoms with van der Waals surface area (Å²) in [6.45, 7) is 0.579. The Morgan fingerprint density at radius 1 is 1.44 bits per heavy atom. The SMILES string of the molecule is O=C(CCNc1nccc2occc12)NC1CC1. The average Bonchev–Trinajstić information content (AvgIpc) is 3.04. The summed E-state index contributed by atoms with van der Waals surface area (Å²) in [5, 5.41) is 7.07. The van der Waals surface area contributed by atoms with Crippen LogP contribution in [0.2, 0.25) is 0 Å². The van der Waals surface area contributed by atoms with Crippen molar-refractivity contribution in [3.8, 4) is 0 Å². The monoisotopic (exact) mass is 245 g/mol. The summed E-state index contributed by atoms with van der Waals surface area (Å²) < 4.78 is 5.29. The van der Waals surface area contributed by atoms with Crippen molar-refractivity contribution < 1.29 is 9.21 Å². The summed E-state index contributed by atoms with van der Waals surface area (Å²) >= 11 is 0. The van der Waals surface area contributed by atoms with Crippen molar-refractivity contribution in [2.75, 3.05) is 11.9 Å². The van der Waals surface area contributed by atoms with Gasteiger partial charge < -0.3 is 15.1 Å². The first-order valence-corrected chi connectivity index (χ1v) is 6.18. The van der Waals surface area contributed by atoms with Gasteiger partial charge in [-0.2, -0.15) is 0 Å². The van der Waals surface area contributed by atoms with Gasteiger partial charge in [0.1, 0.15) is 11.4 Å². The van der Waals surface area contributed by atoms with Gasteiger partial charge in [-0.05, 0) is 25.0 Å². The smallest absolute Gasteiger partial charge is 0.221 e. The Labute approximate surface area is 105 Å². The van der Waals surface area contributed by atoms with Gasteiger partial charge in [0.15, 0.2) is 0 Å². The van der Waals surface area contributed by atoms with E-state index in [1.807, 2.05) is 12.1 Å². The third-order valence-corrected chi connectivity index (χ3v) is 2.97. The molecule has 5 heteroatoms. The second-order valence-corrected chi connectivity index (χ2v) is 4.51. The van der Waals surface area contributed by atoms with Crippen molar-refractivity contribution in [3.05, 3.63) is 24.6 Å². The molecule has 0 saturated heterocycles. The van der Waals surface area contributed by atoms with Crippen LogP contribution in [0.3, 0.4) is 0 Å². The lowest BCUT2D eigenvalue weighted by molar-refractivity contribution is -0.120. The van der Waals surface area contributed by atoms with Crippen LogP contribution in [0, 0.1) is 0 Å². The number of nitrogens with one attached hydrogen (secondary N) is 2. The van der Waals surface area contributed by atoms with Gasteiger partial charge >= 0.3 is 0 Å². The Morgan fingerprint density at radius 2 is 2.33 bits per heavy atom. The van der Waals surface area contributed by atoms with Crippen molar-refractivity contribution in [2.45, 2.75) is 25.3 Å². The molecular formula is C13H15N3O2. The van der Waals surface area contributed by atoms with E-state index in [-0.39, 0.29) is 5.91 Å². The third kappa shape index (κ3) is 2.45. The number of carbonyl (C=O) groups excluding carboxylic acids is 1. The number of anilines is 1. The Morgan fingerprint density at radius 3 is 3.17 bits per heavy atom. The molecule has 1 fully saturated rings. The molecule has 0 aromatic carbocycles. The number of aromatic nitrogens is 1. The van der Waals surface area contributed by atoms with Crippen molar-refractivity contribution in [1.82, 2.24) is 10.3 Å². The molecule has 1 saturated carbocycles. The molecule has 0 spiro atoms. The molecule has 2 aromatic rings. The van der Waals surface area contributed by atoms with Crippen LogP contribution in [0.5, 0.6) is 0 Å². The first kappa shape index (κ1) is 11.1. The standard InChI is InChI=1S/C13H15N3O2/c17-12(16-9-1-2-9)4-7-15-13-10-5-8-18-11(10)3-6-14-13/h3,5-6,8-9H,1-2,4,7H2,(H,14,15)(H,16,17). The first-order valence-electron chi connectivity index (χ1n) is 6.18. The molecular weight excluding hydrogens is 230 g/mol. The number of fused-ring (bicyclic) bond motifs is 1. The van der Waals surface area contributed by atoms with E-state index in [9.17, 15) is 4.79 Å². The van der Waals surface area contributed by atoms with Crippen LogP contribution in [0.25, 0.3) is 11.0 Å². The van der Waals surface area contributed by atoms with Crippen LogP contribution >= 0.6 is 0 Å². The highest BCUT2D eigenvalue weighted by Gasteiger charge is 2.22. The van der Waals surface area contributed by atoms with Gasteiger partial charge in [0, 0.05) is 25.2 Å². The molecule has 2 N–H and O–H groups in total. The summed E-state index contributed by atoms with van der Waals surface area (Å²) in [5.74, 6) is 0.866. The van der Waals surface area contributed by atoms with E-state index in [0.717, 1.165) is 29.6 Å². The molecule has 3 rings (SSSR count). The van der Waals surface area contributed by atoms with Crippen molar-refractivity contribution in [2.24, 2.45) is 0 Å². The lowest BCUT2D eigenvalue weighted by atomic mass is 10.3. The van der Waals surface area contributed by atoms with Gasteiger partial charge in [-0.1, -0.05) is 0 Å². The van der Waals surface area contributed by atoms with E-state index in [4.69, 9.17) is 4.42 Å². The molecule has 18 heavy (non-hydrogen) atoms. The van der Waals surface area contributed by atoms with Crippen LogP contribution in [0.1, 0.15) is 19.3 Å². The highest BCUT2D eigenvalue weighted by Crippen LogP contribution is 2.21. The van der Waals surface area contributed by atoms with Crippen LogP contribution in [0.4, 0.5) is 5.82 Å². The van der Waals surface area contributed by atoms with Crippen LogP contribution < -0.4 is 10.6 Å². The van der Waals surface area contributed by atoms with Gasteiger partial charge in [0.05, 0.1) is 11.6 Å². The number of hydrogen-bond donors (Lipinski definition) is 2. The summed E-state index contributed by atoms with van der Waals surface area (Å²) in [4.78, 5) is 15.8. The predicted octanol–water partition coefficient (Wildman–Crippen LogP) is 1.91. The highest BCUT2D eigenvalue weighted by molar-refractivity contribution is 5.88. The average molecular weight is 245 g/mol. The van der Waals surface area contributed by atoms with Crippen molar-refractivity contribution >= 4 is 22.7 Å². The summed E-state index contributed by atoms with van der Waals surface area (Å²) in [7, 11) is 0. The summed E-state index contributed by atoms with van der Waals surface area (Å²) in [6, 6.07) is 4.11. The topological polar surface area (TPSA) is 67.2 Å². The molecule has 0 unspecified atom stereocenters. The largest absolute Gasteiger partial charge is 0.464 e. The third-order valence-electron chi connectivity index (χ3n) is 2.97. The van der Waals surface area contributed by atoms with Gasteiger partial charge in [0.25, 0.3) is 0 Å². The number of furan rings is 1. The van der Waals surface area contributed by atoms with E-state index in [0.29, 0.717) is 19.0 Å². The molecule has 1 aliphatic rings. The quantitative estimate of drug-likeness (QED) is 0.844. The zero-order valence-electron chi connectivity index (χ0n) is 9.98. The van der Waals surface area contributed by atoms with E-state index in [1.54, 1.807) is 12.5 Å². The minimum absolute atomic E-state index is 0.101. The summed E-state index contributed by atoms with van der Waals surface area (Å²) in [5.41, 5.74) is 0.801. The molecule has 1 amide bonds. The first-order chi connectivity index (χ1) is 8.83. The summed E-state index contributed by atoms with van der Waals surface area (Å²) in [6.07, 6.45) is 6.03. The van der Waals surface area contributed by atoms with Crippen molar-refractivity contribution in [3.63, 3.8) is 0 Å². The van der Waals surface area contributed by atoms with Gasteiger partial charge in [0.2, 0.25) is 5.91 Å². The minimum atomic E-state index is 0.101. The number of nitrogens with zero attached hydrogens (tertiary/aromatic N) is 1. The molecule has 94 valence electrons. The Kier molecular flexibility index (Phi) is 2.88. The minimum Gasteiger partial charge on any atom is -0.464 e. The number of hydrogen-bond acceptors (Lipinski definition) is 4. The lowest BCUT2D eigenvalue weighted by Gasteiger charge is -2.06. The molecule has 2 heterocycles. The second kappa shape index (κ2) is 4.68. The second-order valence-electron chi connectivity index (χ2n) is 4.51. The lowest BCUT2D eigenvalue weighted by Crippen LogP contribution is -2.27. The molecule has 1 aliphatic carbocycles. The fourth-order valence-electron chi connectivity index (χ4n) is 1.86. The molecule has 0 radical (unpaired) electrons. The molecule has 0 atom stereocenters. The van der Waals surface area contributed by atoms with E-state index < -0.39 is 0 Å². The fourth-order valence-corrected chi connectivity index (χ4v) is 1.86. The number of rotatable bonds is 5. The van der Waals surface area contributed by atoms with Crippen LogP contribution in [-0.2, 0) is 4.79 Å². The zero-order valence-corrected chi connectivity index (χ0v) is 9.98. The van der Waals surface area contributed by atoms with E-state index in [2.05, 4.69) is 15.6 Å². The molecule has 0 aliphatic heterocycles. The maximum absolute atomic E-state index is 11.5. The normalized spacial score (nSPS) is 14.7.